The predicted molar refractivity (Wildman–Crippen MR) is 158 cm³/mol. The number of ether oxygens (including phenoxy) is 1. The molecule has 0 spiro atoms. The zero-order valence-electron chi connectivity index (χ0n) is 22.1. The number of hydrogen-bond donors (Lipinski definition) is 0. The number of morpholine rings is 1. The Hall–Kier alpha value is -3.29. The van der Waals surface area contributed by atoms with Gasteiger partial charge < -0.3 is 9.41 Å². The third kappa shape index (κ3) is 4.22. The fourth-order valence-electron chi connectivity index (χ4n) is 5.60. The van der Waals surface area contributed by atoms with Crippen LogP contribution in [0.2, 0.25) is 5.02 Å². The summed E-state index contributed by atoms with van der Waals surface area (Å²) in [5.74, 6) is 0.978. The molecule has 1 aliphatic carbocycles. The van der Waals surface area contributed by atoms with E-state index in [1.165, 1.54) is 6.07 Å². The number of amidine groups is 1. The lowest BCUT2D eigenvalue weighted by Crippen LogP contribution is -2.48. The van der Waals surface area contributed by atoms with Crippen LogP contribution in [0.5, 0.6) is 0 Å². The molecule has 204 valence electrons. The van der Waals surface area contributed by atoms with Crippen molar-refractivity contribution in [3.8, 4) is 5.69 Å². The largest absolute Gasteiger partial charge is 0.379 e. The normalized spacial score (nSPS) is 21.2. The molecule has 7 nitrogen and oxygen atoms in total. The monoisotopic (exact) mass is 574 g/mol. The van der Waals surface area contributed by atoms with Crippen LogP contribution in [0.3, 0.4) is 0 Å². The van der Waals surface area contributed by atoms with E-state index in [0.717, 1.165) is 29.5 Å². The Kier molecular flexibility index (Phi) is 6.59. The van der Waals surface area contributed by atoms with E-state index in [4.69, 9.17) is 31.2 Å². The first-order valence-electron chi connectivity index (χ1n) is 13.6. The zero-order chi connectivity index (χ0) is 27.3. The van der Waals surface area contributed by atoms with Gasteiger partial charge in [-0.25, -0.2) is 23.5 Å². The minimum absolute atomic E-state index is 0.174. The fourth-order valence-corrected chi connectivity index (χ4v) is 10.1. The molecule has 1 atom stereocenters. The number of rotatable bonds is 5. The number of fused-ring (bicyclic) bond motifs is 1. The second-order valence-corrected chi connectivity index (χ2v) is 13.4. The summed E-state index contributed by atoms with van der Waals surface area (Å²) in [6.45, 7) is 4.58. The first kappa shape index (κ1) is 25.7. The molecular weight excluding hydrogens is 546 g/mol. The Morgan fingerprint density at radius 2 is 1.65 bits per heavy atom. The molecule has 0 radical (unpaired) electrons. The van der Waals surface area contributed by atoms with E-state index in [-0.39, 0.29) is 11.9 Å². The van der Waals surface area contributed by atoms with Crippen LogP contribution in [0.4, 0.5) is 15.9 Å². The molecule has 3 aromatic carbocycles. The maximum absolute atomic E-state index is 15.6. The smallest absolute Gasteiger partial charge is 0.170 e. The van der Waals surface area contributed by atoms with Gasteiger partial charge in [0.25, 0.3) is 0 Å². The lowest BCUT2D eigenvalue weighted by atomic mass is 10.2. The third-order valence-electron chi connectivity index (χ3n) is 7.52. The number of aromatic nitrogens is 2. The Morgan fingerprint density at radius 1 is 0.950 bits per heavy atom. The molecule has 2 fully saturated rings. The predicted octanol–water partition coefficient (Wildman–Crippen LogP) is 6.85. The van der Waals surface area contributed by atoms with Gasteiger partial charge in [0, 0.05) is 19.1 Å². The van der Waals surface area contributed by atoms with Gasteiger partial charge in [-0.2, -0.15) is 5.10 Å². The van der Waals surface area contributed by atoms with Crippen molar-refractivity contribution in [3.63, 3.8) is 0 Å². The number of nitrogens with zero attached hydrogens (tertiary/aromatic N) is 6. The van der Waals surface area contributed by atoms with Crippen molar-refractivity contribution in [3.05, 3.63) is 101 Å². The summed E-state index contributed by atoms with van der Waals surface area (Å²) in [7, 11) is -2.84. The van der Waals surface area contributed by atoms with Crippen LogP contribution in [0, 0.1) is 12.7 Å². The first-order chi connectivity index (χ1) is 19.6. The van der Waals surface area contributed by atoms with Gasteiger partial charge in [-0.1, -0.05) is 54.1 Å². The van der Waals surface area contributed by atoms with Crippen LogP contribution >= 0.6 is 19.0 Å². The second kappa shape index (κ2) is 10.3. The molecule has 10 heteroatoms. The van der Waals surface area contributed by atoms with Crippen molar-refractivity contribution in [2.24, 2.45) is 9.74 Å². The van der Waals surface area contributed by atoms with E-state index in [9.17, 15) is 0 Å². The summed E-state index contributed by atoms with van der Waals surface area (Å²) < 4.78 is 33.8. The molecule has 0 amide bonds. The molecule has 0 N–H and O–H groups in total. The topological polar surface area (TPSA) is 58.3 Å². The molecule has 1 unspecified atom stereocenters. The molecular formula is C30H29ClFN6OP. The highest BCUT2D eigenvalue weighted by atomic mass is 35.5. The highest BCUT2D eigenvalue weighted by Crippen LogP contribution is 2.65. The summed E-state index contributed by atoms with van der Waals surface area (Å²) in [4.78, 5) is 5.25. The zero-order valence-corrected chi connectivity index (χ0v) is 23.8. The number of halogens is 2. The Bertz CT molecular complexity index is 1660. The van der Waals surface area contributed by atoms with Crippen LogP contribution in [0.15, 0.2) is 88.6 Å². The van der Waals surface area contributed by atoms with Gasteiger partial charge in [0.1, 0.15) is 11.7 Å². The number of aryl methyl sites for hydroxylation is 1. The van der Waals surface area contributed by atoms with Crippen LogP contribution in [-0.4, -0.2) is 57.3 Å². The molecule has 1 saturated carbocycles. The van der Waals surface area contributed by atoms with E-state index in [1.54, 1.807) is 6.07 Å². The Morgan fingerprint density at radius 3 is 2.38 bits per heavy atom. The minimum Gasteiger partial charge on any atom is -0.379 e. The standard InChI is InChI=1S/C30H29ClFN6OP/c1-21-28-30(37(34-21)22-9-3-2-4-10-22)33-29(24-11-5-7-13-26(24)32)38(23-15-16-23)40(28,36-17-19-39-20-18-36)35-27-14-8-6-12-25(27)31/h2-14,23H,15-20H2,1H3. The van der Waals surface area contributed by atoms with Gasteiger partial charge in [0.2, 0.25) is 0 Å². The molecule has 40 heavy (non-hydrogen) atoms. The maximum atomic E-state index is 15.6. The summed E-state index contributed by atoms with van der Waals surface area (Å²) >= 11 is 6.79. The number of benzene rings is 3. The molecule has 4 aromatic rings. The Labute approximate surface area is 238 Å². The quantitative estimate of drug-likeness (QED) is 0.245. The van der Waals surface area contributed by atoms with Crippen molar-refractivity contribution in [1.29, 1.82) is 0 Å². The van der Waals surface area contributed by atoms with Crippen LogP contribution in [0.25, 0.3) is 5.69 Å². The molecule has 7 rings (SSSR count). The molecule has 1 aromatic heterocycles. The average Bonchev–Trinajstić information content (AvgIpc) is 3.77. The average molecular weight is 575 g/mol. The minimum atomic E-state index is -2.84. The third-order valence-corrected chi connectivity index (χ3v) is 11.8. The number of para-hydroxylation sites is 1. The number of aliphatic imine (C=N–C) groups is 1. The van der Waals surface area contributed by atoms with E-state index in [1.807, 2.05) is 78.3 Å². The van der Waals surface area contributed by atoms with Gasteiger partial charge in [0.05, 0.1) is 46.2 Å². The fraction of sp³-hybridized carbons (Fsp3) is 0.267. The van der Waals surface area contributed by atoms with Crippen molar-refractivity contribution < 1.29 is 9.13 Å². The van der Waals surface area contributed by atoms with Crippen molar-refractivity contribution >= 4 is 41.6 Å². The van der Waals surface area contributed by atoms with Crippen LogP contribution < -0.4 is 5.30 Å². The molecule has 3 aliphatic rings. The maximum Gasteiger partial charge on any atom is 0.170 e. The lowest BCUT2D eigenvalue weighted by molar-refractivity contribution is 0.0729. The molecule has 1 saturated heterocycles. The van der Waals surface area contributed by atoms with E-state index >= 15 is 4.39 Å². The SMILES string of the molecule is Cc1nn(-c2ccccc2)c2c1P(=Nc1ccccc1Cl)(N1CCOCC1)N(C1CC1)C(c1ccccc1F)=N2. The Balaban J connectivity index is 1.62. The molecule has 0 bridgehead atoms. The van der Waals surface area contributed by atoms with Crippen molar-refractivity contribution in [1.82, 2.24) is 19.1 Å². The van der Waals surface area contributed by atoms with Crippen LogP contribution in [-0.2, 0) is 4.74 Å². The molecule has 2 aliphatic heterocycles. The van der Waals surface area contributed by atoms with Crippen LogP contribution in [0.1, 0.15) is 24.1 Å². The lowest BCUT2D eigenvalue weighted by Gasteiger charge is -2.48. The highest BCUT2D eigenvalue weighted by Gasteiger charge is 2.52. The summed E-state index contributed by atoms with van der Waals surface area (Å²) in [5.41, 5.74) is 2.92. The summed E-state index contributed by atoms with van der Waals surface area (Å²) in [5, 5.41) is 6.62. The van der Waals surface area contributed by atoms with Crippen molar-refractivity contribution in [2.75, 3.05) is 26.3 Å². The van der Waals surface area contributed by atoms with Gasteiger partial charge in [-0.05, 0) is 56.2 Å². The summed E-state index contributed by atoms with van der Waals surface area (Å²) in [6.07, 6.45) is 1.97. The summed E-state index contributed by atoms with van der Waals surface area (Å²) in [6, 6.07) is 24.7. The first-order valence-corrected chi connectivity index (χ1v) is 15.6. The van der Waals surface area contributed by atoms with E-state index < -0.39 is 7.36 Å². The van der Waals surface area contributed by atoms with Gasteiger partial charge in [0.15, 0.2) is 13.2 Å². The van der Waals surface area contributed by atoms with Gasteiger partial charge in [-0.3, -0.25) is 0 Å². The van der Waals surface area contributed by atoms with E-state index in [2.05, 4.69) is 9.34 Å². The van der Waals surface area contributed by atoms with Gasteiger partial charge in [-0.15, -0.1) is 0 Å². The van der Waals surface area contributed by atoms with Gasteiger partial charge >= 0.3 is 0 Å². The second-order valence-electron chi connectivity index (χ2n) is 10.2. The number of hydrogen-bond acceptors (Lipinski definition) is 4. The highest BCUT2D eigenvalue weighted by molar-refractivity contribution is 7.70. The van der Waals surface area contributed by atoms with Crippen molar-refractivity contribution in [2.45, 2.75) is 25.8 Å². The molecule has 3 heterocycles. The van der Waals surface area contributed by atoms with E-state index in [0.29, 0.717) is 54.2 Å².